The molecule has 0 unspecified atom stereocenters. The van der Waals surface area contributed by atoms with Gasteiger partial charge >= 0.3 is 0 Å². The third-order valence-corrected chi connectivity index (χ3v) is 3.00. The zero-order valence-corrected chi connectivity index (χ0v) is 8.71. The predicted octanol–water partition coefficient (Wildman–Crippen LogP) is 0.649. The summed E-state index contributed by atoms with van der Waals surface area (Å²) in [6.45, 7) is 1.39. The van der Waals surface area contributed by atoms with E-state index in [1.807, 2.05) is 0 Å². The number of carbonyl (C=O) groups excluding carboxylic acids is 1. The number of nitrogens with one attached hydrogen (secondary N) is 1. The third kappa shape index (κ3) is 2.54. The van der Waals surface area contributed by atoms with E-state index in [1.165, 1.54) is 37.4 Å². The molecule has 5 nitrogen and oxygen atoms in total. The normalized spacial score (nSPS) is 10.4. The number of sulfonamides is 1. The first-order chi connectivity index (χ1) is 6.97. The highest BCUT2D eigenvalue weighted by Gasteiger charge is 2.12. The molecule has 78 valence electrons. The number of benzene rings is 1. The van der Waals surface area contributed by atoms with Crippen molar-refractivity contribution in [3.8, 4) is 6.19 Å². The van der Waals surface area contributed by atoms with E-state index in [2.05, 4.69) is 0 Å². The number of Topliss-reactive ketones (excluding diaryl/α,β-unsaturated/α-hetero) is 1. The van der Waals surface area contributed by atoms with E-state index in [0.717, 1.165) is 0 Å². The van der Waals surface area contributed by atoms with Crippen molar-refractivity contribution in [2.45, 2.75) is 11.8 Å². The van der Waals surface area contributed by atoms with Crippen molar-refractivity contribution in [2.24, 2.45) is 0 Å². The van der Waals surface area contributed by atoms with Crippen LogP contribution in [0.4, 0.5) is 0 Å². The Morgan fingerprint density at radius 2 is 1.87 bits per heavy atom. The number of nitriles is 1. The van der Waals surface area contributed by atoms with Crippen LogP contribution in [0.1, 0.15) is 17.3 Å². The lowest BCUT2D eigenvalue weighted by molar-refractivity contribution is 0.101. The van der Waals surface area contributed by atoms with Gasteiger partial charge in [0.25, 0.3) is 10.0 Å². The van der Waals surface area contributed by atoms with E-state index >= 15 is 0 Å². The molecule has 0 atom stereocenters. The summed E-state index contributed by atoms with van der Waals surface area (Å²) in [6.07, 6.45) is 1.34. The monoisotopic (exact) mass is 224 g/mol. The maximum Gasteiger partial charge on any atom is 0.270 e. The highest BCUT2D eigenvalue weighted by atomic mass is 32.2. The number of nitrogens with zero attached hydrogens (tertiary/aromatic N) is 1. The van der Waals surface area contributed by atoms with Crippen LogP contribution in [0.15, 0.2) is 29.2 Å². The van der Waals surface area contributed by atoms with Crippen LogP contribution in [-0.4, -0.2) is 14.2 Å². The van der Waals surface area contributed by atoms with E-state index in [-0.39, 0.29) is 10.7 Å². The Morgan fingerprint density at radius 3 is 2.27 bits per heavy atom. The SMILES string of the molecule is CC(=O)c1ccc(S(=O)(=O)NC#N)cc1. The molecule has 0 saturated carbocycles. The summed E-state index contributed by atoms with van der Waals surface area (Å²) in [5, 5.41) is 8.21. The molecule has 0 aliphatic rings. The summed E-state index contributed by atoms with van der Waals surface area (Å²) in [5.74, 6) is -0.146. The predicted molar refractivity (Wildman–Crippen MR) is 52.4 cm³/mol. The molecule has 1 rings (SSSR count). The van der Waals surface area contributed by atoms with E-state index in [0.29, 0.717) is 5.56 Å². The highest BCUT2D eigenvalue weighted by molar-refractivity contribution is 7.89. The number of hydrogen-bond acceptors (Lipinski definition) is 4. The van der Waals surface area contributed by atoms with E-state index in [1.54, 1.807) is 4.72 Å². The largest absolute Gasteiger partial charge is 0.295 e. The van der Waals surface area contributed by atoms with Crippen molar-refractivity contribution in [1.82, 2.24) is 4.72 Å². The molecule has 0 saturated heterocycles. The second-order valence-corrected chi connectivity index (χ2v) is 4.48. The smallest absolute Gasteiger partial charge is 0.270 e. The summed E-state index contributed by atoms with van der Waals surface area (Å²) in [5.41, 5.74) is 0.422. The van der Waals surface area contributed by atoms with Crippen LogP contribution in [0.25, 0.3) is 0 Å². The van der Waals surface area contributed by atoms with Crippen LogP contribution in [0.2, 0.25) is 0 Å². The van der Waals surface area contributed by atoms with E-state index < -0.39 is 10.0 Å². The molecular weight excluding hydrogens is 216 g/mol. The van der Waals surface area contributed by atoms with Crippen molar-refractivity contribution in [2.75, 3.05) is 0 Å². The van der Waals surface area contributed by atoms with Crippen LogP contribution >= 0.6 is 0 Å². The molecule has 0 bridgehead atoms. The summed E-state index contributed by atoms with van der Waals surface area (Å²) in [4.78, 5) is 10.9. The maximum absolute atomic E-state index is 11.3. The van der Waals surface area contributed by atoms with Gasteiger partial charge in [-0.3, -0.25) is 4.79 Å². The zero-order valence-electron chi connectivity index (χ0n) is 7.89. The summed E-state index contributed by atoms with van der Waals surface area (Å²) < 4.78 is 24.3. The van der Waals surface area contributed by atoms with Crippen molar-refractivity contribution >= 4 is 15.8 Å². The lowest BCUT2D eigenvalue weighted by Crippen LogP contribution is -2.18. The molecule has 1 aromatic rings. The van der Waals surface area contributed by atoms with Gasteiger partial charge in [0, 0.05) is 5.56 Å². The number of hydrogen-bond donors (Lipinski definition) is 1. The fourth-order valence-corrected chi connectivity index (χ4v) is 1.72. The van der Waals surface area contributed by atoms with E-state index in [9.17, 15) is 13.2 Å². The lowest BCUT2D eigenvalue weighted by atomic mass is 10.2. The van der Waals surface area contributed by atoms with Gasteiger partial charge in [0.2, 0.25) is 0 Å². The molecule has 0 aliphatic carbocycles. The standard InChI is InChI=1S/C9H8N2O3S/c1-7(12)8-2-4-9(5-3-8)15(13,14)11-6-10/h2-5,11H,1H3. The Balaban J connectivity index is 3.11. The van der Waals surface area contributed by atoms with Crippen LogP contribution < -0.4 is 4.72 Å². The van der Waals surface area contributed by atoms with Crippen LogP contribution in [0, 0.1) is 11.5 Å². The quantitative estimate of drug-likeness (QED) is 0.464. The Morgan fingerprint density at radius 1 is 1.33 bits per heavy atom. The third-order valence-electron chi connectivity index (χ3n) is 1.75. The average molecular weight is 224 g/mol. The molecule has 0 aliphatic heterocycles. The number of carbonyl (C=O) groups is 1. The number of rotatable bonds is 3. The molecule has 0 radical (unpaired) electrons. The van der Waals surface area contributed by atoms with Crippen molar-refractivity contribution in [1.29, 1.82) is 5.26 Å². The Labute approximate surface area is 87.4 Å². The minimum absolute atomic E-state index is 0.0472. The van der Waals surface area contributed by atoms with Crippen LogP contribution in [-0.2, 0) is 10.0 Å². The molecule has 0 amide bonds. The summed E-state index contributed by atoms with van der Waals surface area (Å²) >= 11 is 0. The molecule has 0 fully saturated rings. The minimum atomic E-state index is -3.78. The van der Waals surface area contributed by atoms with Crippen molar-refractivity contribution < 1.29 is 13.2 Å². The maximum atomic E-state index is 11.3. The molecule has 1 N–H and O–H groups in total. The van der Waals surface area contributed by atoms with Crippen LogP contribution in [0.5, 0.6) is 0 Å². The first kappa shape index (κ1) is 11.2. The van der Waals surface area contributed by atoms with Gasteiger partial charge in [-0.1, -0.05) is 12.1 Å². The van der Waals surface area contributed by atoms with E-state index in [4.69, 9.17) is 5.26 Å². The Bertz CT molecular complexity index is 511. The average Bonchev–Trinajstić information content (AvgIpc) is 2.18. The topological polar surface area (TPSA) is 87.0 Å². The van der Waals surface area contributed by atoms with Crippen molar-refractivity contribution in [3.63, 3.8) is 0 Å². The molecule has 1 aromatic carbocycles. The first-order valence-corrected chi connectivity index (χ1v) is 5.47. The molecule has 0 heterocycles. The second-order valence-electron chi connectivity index (χ2n) is 2.80. The molecule has 6 heteroatoms. The first-order valence-electron chi connectivity index (χ1n) is 3.99. The van der Waals surface area contributed by atoms with Gasteiger partial charge in [-0.05, 0) is 19.1 Å². The lowest BCUT2D eigenvalue weighted by Gasteiger charge is -2.01. The zero-order chi connectivity index (χ0) is 11.5. The van der Waals surface area contributed by atoms with Gasteiger partial charge in [-0.15, -0.1) is 0 Å². The Kier molecular flexibility index (Phi) is 3.07. The van der Waals surface area contributed by atoms with Crippen LogP contribution in [0.3, 0.4) is 0 Å². The highest BCUT2D eigenvalue weighted by Crippen LogP contribution is 2.10. The number of ketones is 1. The Hall–Kier alpha value is -1.87. The summed E-state index contributed by atoms with van der Waals surface area (Å²) in [6, 6.07) is 5.34. The molecular formula is C9H8N2O3S. The van der Waals surface area contributed by atoms with Gasteiger partial charge in [0.05, 0.1) is 4.90 Å². The van der Waals surface area contributed by atoms with Gasteiger partial charge < -0.3 is 0 Å². The summed E-state index contributed by atoms with van der Waals surface area (Å²) in [7, 11) is -3.78. The fraction of sp³-hybridized carbons (Fsp3) is 0.111. The fourth-order valence-electron chi connectivity index (χ4n) is 0.988. The van der Waals surface area contributed by atoms with Gasteiger partial charge in [0.1, 0.15) is 0 Å². The van der Waals surface area contributed by atoms with Gasteiger partial charge in [-0.2, -0.15) is 5.26 Å². The van der Waals surface area contributed by atoms with Crippen molar-refractivity contribution in [3.05, 3.63) is 29.8 Å². The van der Waals surface area contributed by atoms with Gasteiger partial charge in [0.15, 0.2) is 12.0 Å². The second kappa shape index (κ2) is 4.11. The molecule has 15 heavy (non-hydrogen) atoms. The molecule has 0 spiro atoms. The molecule has 0 aromatic heterocycles. The minimum Gasteiger partial charge on any atom is -0.295 e. The van der Waals surface area contributed by atoms with Gasteiger partial charge in [-0.25, -0.2) is 13.1 Å².